The summed E-state index contributed by atoms with van der Waals surface area (Å²) in [5.74, 6) is 0.623. The first kappa shape index (κ1) is 14.6. The molecule has 3 nitrogen and oxygen atoms in total. The van der Waals surface area contributed by atoms with Crippen LogP contribution in [0.1, 0.15) is 45.4 Å². The Labute approximate surface area is 121 Å². The predicted octanol–water partition coefficient (Wildman–Crippen LogP) is 4.49. The van der Waals surface area contributed by atoms with Gasteiger partial charge in [0.05, 0.1) is 11.9 Å². The highest BCUT2D eigenvalue weighted by Crippen LogP contribution is 2.22. The van der Waals surface area contributed by atoms with E-state index in [1.54, 1.807) is 0 Å². The largest absolute Gasteiger partial charge is 0.369 e. The molecule has 2 aromatic rings. The van der Waals surface area contributed by atoms with Gasteiger partial charge in [0.1, 0.15) is 0 Å². The molecule has 0 spiro atoms. The summed E-state index contributed by atoms with van der Waals surface area (Å²) < 4.78 is 2.13. The van der Waals surface area contributed by atoms with Gasteiger partial charge in [-0.05, 0) is 12.0 Å². The predicted molar refractivity (Wildman–Crippen MR) is 85.5 cm³/mol. The van der Waals surface area contributed by atoms with Crippen LogP contribution in [0.3, 0.4) is 0 Å². The third kappa shape index (κ3) is 3.86. The second-order valence-electron chi connectivity index (χ2n) is 5.29. The molecule has 0 fully saturated rings. The first-order chi connectivity index (χ1) is 9.83. The van der Waals surface area contributed by atoms with Gasteiger partial charge in [-0.1, -0.05) is 69.4 Å². The molecule has 0 unspecified atom stereocenters. The third-order valence-corrected chi connectivity index (χ3v) is 3.69. The number of unbranched alkanes of at least 4 members (excludes halogenated alkanes) is 5. The number of nitrogen functional groups attached to an aromatic ring is 1. The van der Waals surface area contributed by atoms with Crippen LogP contribution in [0.4, 0.5) is 5.95 Å². The summed E-state index contributed by atoms with van der Waals surface area (Å²) >= 11 is 0. The fourth-order valence-corrected chi connectivity index (χ4v) is 2.51. The van der Waals surface area contributed by atoms with E-state index in [1.807, 2.05) is 24.4 Å². The lowest BCUT2D eigenvalue weighted by atomic mass is 10.1. The quantitative estimate of drug-likeness (QED) is 0.719. The molecule has 108 valence electrons. The third-order valence-electron chi connectivity index (χ3n) is 3.69. The first-order valence-corrected chi connectivity index (χ1v) is 7.69. The highest BCUT2D eigenvalue weighted by atomic mass is 15.1. The fraction of sp³-hybridized carbons (Fsp3) is 0.471. The lowest BCUT2D eigenvalue weighted by Crippen LogP contribution is -2.05. The fourth-order valence-electron chi connectivity index (χ4n) is 2.51. The van der Waals surface area contributed by atoms with E-state index in [1.165, 1.54) is 44.1 Å². The highest BCUT2D eigenvalue weighted by molar-refractivity contribution is 5.60. The summed E-state index contributed by atoms with van der Waals surface area (Å²) in [6, 6.07) is 10.3. The van der Waals surface area contributed by atoms with Gasteiger partial charge in [0.2, 0.25) is 5.95 Å². The van der Waals surface area contributed by atoms with Crippen molar-refractivity contribution in [3.8, 4) is 11.3 Å². The van der Waals surface area contributed by atoms with Crippen LogP contribution in [-0.2, 0) is 6.54 Å². The van der Waals surface area contributed by atoms with Crippen molar-refractivity contribution in [2.75, 3.05) is 5.73 Å². The van der Waals surface area contributed by atoms with Crippen molar-refractivity contribution in [2.45, 2.75) is 52.0 Å². The molecule has 0 saturated heterocycles. The average molecular weight is 271 g/mol. The zero-order chi connectivity index (χ0) is 14.2. The Bertz CT molecular complexity index is 502. The van der Waals surface area contributed by atoms with Crippen molar-refractivity contribution in [3.63, 3.8) is 0 Å². The Morgan fingerprint density at radius 1 is 1.00 bits per heavy atom. The average Bonchev–Trinajstić information content (AvgIpc) is 2.85. The molecular formula is C17H25N3. The lowest BCUT2D eigenvalue weighted by Gasteiger charge is -2.10. The molecule has 1 aromatic heterocycles. The minimum absolute atomic E-state index is 0.623. The SMILES string of the molecule is CCCCCCCCn1c(-c2ccccc2)cnc1N. The smallest absolute Gasteiger partial charge is 0.200 e. The van der Waals surface area contributed by atoms with Crippen LogP contribution >= 0.6 is 0 Å². The first-order valence-electron chi connectivity index (χ1n) is 7.69. The Morgan fingerprint density at radius 2 is 1.70 bits per heavy atom. The van der Waals surface area contributed by atoms with Crippen molar-refractivity contribution in [3.05, 3.63) is 36.5 Å². The van der Waals surface area contributed by atoms with Gasteiger partial charge in [-0.3, -0.25) is 0 Å². The molecule has 1 aromatic carbocycles. The van der Waals surface area contributed by atoms with E-state index in [9.17, 15) is 0 Å². The van der Waals surface area contributed by atoms with Crippen molar-refractivity contribution in [1.82, 2.24) is 9.55 Å². The number of hydrogen-bond acceptors (Lipinski definition) is 2. The van der Waals surface area contributed by atoms with Crippen LogP contribution in [0.15, 0.2) is 36.5 Å². The second-order valence-corrected chi connectivity index (χ2v) is 5.29. The number of imidazole rings is 1. The summed E-state index contributed by atoms with van der Waals surface area (Å²) in [6.07, 6.45) is 9.64. The Kier molecular flexibility index (Phi) is 5.66. The van der Waals surface area contributed by atoms with E-state index in [2.05, 4.69) is 28.6 Å². The normalized spacial score (nSPS) is 10.8. The van der Waals surface area contributed by atoms with Crippen LogP contribution < -0.4 is 5.73 Å². The van der Waals surface area contributed by atoms with Crippen molar-refractivity contribution >= 4 is 5.95 Å². The van der Waals surface area contributed by atoms with Crippen LogP contribution in [0.2, 0.25) is 0 Å². The molecule has 0 aliphatic carbocycles. The Balaban J connectivity index is 1.93. The van der Waals surface area contributed by atoms with E-state index in [0.717, 1.165) is 12.2 Å². The maximum Gasteiger partial charge on any atom is 0.200 e. The monoisotopic (exact) mass is 271 g/mol. The van der Waals surface area contributed by atoms with Gasteiger partial charge in [0.25, 0.3) is 0 Å². The van der Waals surface area contributed by atoms with Gasteiger partial charge in [-0.25, -0.2) is 4.98 Å². The summed E-state index contributed by atoms with van der Waals surface area (Å²) in [4.78, 5) is 4.26. The zero-order valence-corrected chi connectivity index (χ0v) is 12.4. The van der Waals surface area contributed by atoms with E-state index in [0.29, 0.717) is 5.95 Å². The lowest BCUT2D eigenvalue weighted by molar-refractivity contribution is 0.563. The van der Waals surface area contributed by atoms with Gasteiger partial charge in [0, 0.05) is 6.54 Å². The van der Waals surface area contributed by atoms with Gasteiger partial charge in [0.15, 0.2) is 0 Å². The molecule has 0 atom stereocenters. The van der Waals surface area contributed by atoms with Crippen LogP contribution in [0, 0.1) is 0 Å². The van der Waals surface area contributed by atoms with E-state index in [4.69, 9.17) is 5.73 Å². The van der Waals surface area contributed by atoms with E-state index < -0.39 is 0 Å². The number of anilines is 1. The highest BCUT2D eigenvalue weighted by Gasteiger charge is 2.08. The molecule has 0 amide bonds. The molecule has 3 heteroatoms. The Hall–Kier alpha value is -1.77. The maximum atomic E-state index is 5.99. The minimum Gasteiger partial charge on any atom is -0.369 e. The van der Waals surface area contributed by atoms with Crippen LogP contribution in [0.25, 0.3) is 11.3 Å². The zero-order valence-electron chi connectivity index (χ0n) is 12.4. The van der Waals surface area contributed by atoms with E-state index in [-0.39, 0.29) is 0 Å². The molecule has 0 bridgehead atoms. The van der Waals surface area contributed by atoms with E-state index >= 15 is 0 Å². The number of nitrogens with two attached hydrogens (primary N) is 1. The summed E-state index contributed by atoms with van der Waals surface area (Å²) in [5, 5.41) is 0. The summed E-state index contributed by atoms with van der Waals surface area (Å²) in [7, 11) is 0. The molecule has 0 aliphatic rings. The summed E-state index contributed by atoms with van der Waals surface area (Å²) in [6.45, 7) is 3.21. The van der Waals surface area contributed by atoms with Crippen LogP contribution in [0.5, 0.6) is 0 Å². The van der Waals surface area contributed by atoms with Gasteiger partial charge in [-0.15, -0.1) is 0 Å². The second kappa shape index (κ2) is 7.73. The van der Waals surface area contributed by atoms with Gasteiger partial charge in [-0.2, -0.15) is 0 Å². The molecule has 20 heavy (non-hydrogen) atoms. The molecule has 0 aliphatic heterocycles. The van der Waals surface area contributed by atoms with Gasteiger partial charge >= 0.3 is 0 Å². The van der Waals surface area contributed by atoms with Gasteiger partial charge < -0.3 is 10.3 Å². The minimum atomic E-state index is 0.623. The number of rotatable bonds is 8. The number of aromatic nitrogens is 2. The van der Waals surface area contributed by atoms with Crippen molar-refractivity contribution in [2.24, 2.45) is 0 Å². The van der Waals surface area contributed by atoms with Crippen LogP contribution in [-0.4, -0.2) is 9.55 Å². The molecule has 1 heterocycles. The molecule has 2 N–H and O–H groups in total. The Morgan fingerprint density at radius 3 is 2.45 bits per heavy atom. The topological polar surface area (TPSA) is 43.8 Å². The molecule has 0 saturated carbocycles. The number of benzene rings is 1. The molecule has 2 rings (SSSR count). The molecular weight excluding hydrogens is 246 g/mol. The summed E-state index contributed by atoms with van der Waals surface area (Å²) in [5.41, 5.74) is 8.30. The number of nitrogens with zero attached hydrogens (tertiary/aromatic N) is 2. The number of hydrogen-bond donors (Lipinski definition) is 1. The standard InChI is InChI=1S/C17H25N3/c1-2-3-4-5-6-10-13-20-16(14-19-17(20)18)15-11-8-7-9-12-15/h7-9,11-12,14H,2-6,10,13H2,1H3,(H2,18,19). The van der Waals surface area contributed by atoms with Crippen molar-refractivity contribution < 1.29 is 0 Å². The molecule has 0 radical (unpaired) electrons. The van der Waals surface area contributed by atoms with Crippen molar-refractivity contribution in [1.29, 1.82) is 0 Å². The maximum absolute atomic E-state index is 5.99.